The van der Waals surface area contributed by atoms with Crippen molar-refractivity contribution in [1.29, 1.82) is 0 Å². The van der Waals surface area contributed by atoms with Crippen LogP contribution in [0.1, 0.15) is 29.4 Å². The van der Waals surface area contributed by atoms with Gasteiger partial charge in [0.05, 0.1) is 19.5 Å². The summed E-state index contributed by atoms with van der Waals surface area (Å²) in [5, 5.41) is 3.27. The second-order valence-corrected chi connectivity index (χ2v) is 7.28. The minimum atomic E-state index is -0.295. The summed E-state index contributed by atoms with van der Waals surface area (Å²) in [7, 11) is 3.18. The van der Waals surface area contributed by atoms with Gasteiger partial charge in [0.2, 0.25) is 5.91 Å². The number of benzene rings is 1. The summed E-state index contributed by atoms with van der Waals surface area (Å²) in [6.07, 6.45) is 0. The minimum absolute atomic E-state index is 0.0655. The molecule has 0 aliphatic carbocycles. The van der Waals surface area contributed by atoms with Crippen LogP contribution in [0.15, 0.2) is 23.4 Å². The molecule has 140 valence electrons. The van der Waals surface area contributed by atoms with Crippen molar-refractivity contribution in [1.82, 2.24) is 15.3 Å². The van der Waals surface area contributed by atoms with E-state index in [4.69, 9.17) is 9.47 Å². The van der Waals surface area contributed by atoms with Gasteiger partial charge in [-0.15, -0.1) is 0 Å². The largest absolute Gasteiger partial charge is 0.493 e. The molecule has 7 heteroatoms. The van der Waals surface area contributed by atoms with Gasteiger partial charge in [0, 0.05) is 17.9 Å². The van der Waals surface area contributed by atoms with Crippen LogP contribution in [-0.4, -0.2) is 35.3 Å². The lowest BCUT2D eigenvalue weighted by atomic mass is 10.2. The number of amides is 1. The van der Waals surface area contributed by atoms with Crippen LogP contribution in [0.4, 0.5) is 0 Å². The third kappa shape index (κ3) is 4.88. The van der Waals surface area contributed by atoms with E-state index >= 15 is 0 Å². The Morgan fingerprint density at radius 1 is 1.12 bits per heavy atom. The highest BCUT2D eigenvalue weighted by Crippen LogP contribution is 2.27. The fourth-order valence-electron chi connectivity index (χ4n) is 2.33. The molecule has 0 saturated heterocycles. The van der Waals surface area contributed by atoms with Crippen molar-refractivity contribution < 1.29 is 14.3 Å². The van der Waals surface area contributed by atoms with E-state index in [1.165, 1.54) is 11.8 Å². The van der Waals surface area contributed by atoms with E-state index < -0.39 is 0 Å². The zero-order valence-corrected chi connectivity index (χ0v) is 16.9. The van der Waals surface area contributed by atoms with Crippen LogP contribution >= 0.6 is 11.8 Å². The standard InChI is InChI=1S/C19H25N3O3S/c1-11-12(2)21-19(22-13(11)3)26-14(4)18(23)20-10-15-7-8-16(24-5)17(9-15)25-6/h7-9,14H,10H2,1-6H3,(H,20,23)/t14-/m0/s1. The van der Waals surface area contributed by atoms with Crippen LogP contribution in [0.5, 0.6) is 11.5 Å². The summed E-state index contributed by atoms with van der Waals surface area (Å²) < 4.78 is 10.5. The first-order valence-corrected chi connectivity index (χ1v) is 9.20. The lowest BCUT2D eigenvalue weighted by Crippen LogP contribution is -2.30. The molecule has 2 rings (SSSR count). The van der Waals surface area contributed by atoms with Gasteiger partial charge < -0.3 is 14.8 Å². The molecule has 1 N–H and O–H groups in total. The van der Waals surface area contributed by atoms with E-state index in [9.17, 15) is 4.79 Å². The first kappa shape index (κ1) is 20.0. The van der Waals surface area contributed by atoms with Gasteiger partial charge in [0.25, 0.3) is 0 Å². The maximum Gasteiger partial charge on any atom is 0.233 e. The Morgan fingerprint density at radius 3 is 2.31 bits per heavy atom. The molecule has 1 heterocycles. The number of ether oxygens (including phenoxy) is 2. The third-order valence-electron chi connectivity index (χ3n) is 4.18. The first-order valence-electron chi connectivity index (χ1n) is 8.32. The van der Waals surface area contributed by atoms with E-state index in [-0.39, 0.29) is 11.2 Å². The second-order valence-electron chi connectivity index (χ2n) is 5.97. The monoisotopic (exact) mass is 375 g/mol. The fraction of sp³-hybridized carbons (Fsp3) is 0.421. The molecule has 0 bridgehead atoms. The van der Waals surface area contributed by atoms with Gasteiger partial charge in [-0.25, -0.2) is 9.97 Å². The van der Waals surface area contributed by atoms with Gasteiger partial charge in [-0.2, -0.15) is 0 Å². The van der Waals surface area contributed by atoms with Gasteiger partial charge in [0.1, 0.15) is 0 Å². The number of thioether (sulfide) groups is 1. The predicted octanol–water partition coefficient (Wildman–Crippen LogP) is 3.22. The van der Waals surface area contributed by atoms with Gasteiger partial charge in [-0.05, 0) is 51.0 Å². The topological polar surface area (TPSA) is 73.3 Å². The smallest absolute Gasteiger partial charge is 0.233 e. The molecule has 0 spiro atoms. The van der Waals surface area contributed by atoms with Crippen LogP contribution in [0.25, 0.3) is 0 Å². The summed E-state index contributed by atoms with van der Waals surface area (Å²) in [5.74, 6) is 1.23. The molecule has 1 aromatic heterocycles. The SMILES string of the molecule is COc1ccc(CNC(=O)[C@H](C)Sc2nc(C)c(C)c(C)n2)cc1OC. The zero-order valence-electron chi connectivity index (χ0n) is 16.0. The third-order valence-corrected chi connectivity index (χ3v) is 5.14. The van der Waals surface area contributed by atoms with Gasteiger partial charge >= 0.3 is 0 Å². The van der Waals surface area contributed by atoms with Gasteiger partial charge in [-0.1, -0.05) is 17.8 Å². The molecule has 1 atom stereocenters. The summed E-state index contributed by atoms with van der Waals surface area (Å²) in [4.78, 5) is 21.3. The molecule has 26 heavy (non-hydrogen) atoms. The average molecular weight is 375 g/mol. The highest BCUT2D eigenvalue weighted by molar-refractivity contribution is 8.00. The van der Waals surface area contributed by atoms with E-state index in [0.717, 1.165) is 22.5 Å². The van der Waals surface area contributed by atoms with Crippen LogP contribution in [0, 0.1) is 20.8 Å². The van der Waals surface area contributed by atoms with Crippen LogP contribution in [0.2, 0.25) is 0 Å². The van der Waals surface area contributed by atoms with E-state index in [1.807, 2.05) is 45.9 Å². The normalized spacial score (nSPS) is 11.8. The predicted molar refractivity (Wildman–Crippen MR) is 103 cm³/mol. The summed E-state index contributed by atoms with van der Waals surface area (Å²) in [6, 6.07) is 5.58. The molecule has 1 aromatic carbocycles. The zero-order chi connectivity index (χ0) is 19.3. The van der Waals surface area contributed by atoms with Gasteiger partial charge in [-0.3, -0.25) is 4.79 Å². The van der Waals surface area contributed by atoms with E-state index in [2.05, 4.69) is 15.3 Å². The Kier molecular flexibility index (Phi) is 6.85. The number of carbonyl (C=O) groups is 1. The average Bonchev–Trinajstić information content (AvgIpc) is 2.63. The quantitative estimate of drug-likeness (QED) is 0.592. The minimum Gasteiger partial charge on any atom is -0.493 e. The van der Waals surface area contributed by atoms with Crippen molar-refractivity contribution in [2.24, 2.45) is 0 Å². The lowest BCUT2D eigenvalue weighted by molar-refractivity contribution is -0.120. The van der Waals surface area contributed by atoms with Crippen LogP contribution < -0.4 is 14.8 Å². The fourth-order valence-corrected chi connectivity index (χ4v) is 3.22. The number of hydrogen-bond donors (Lipinski definition) is 1. The number of nitrogens with one attached hydrogen (secondary N) is 1. The molecule has 0 aliphatic heterocycles. The number of aryl methyl sites for hydroxylation is 2. The molecule has 0 unspecified atom stereocenters. The van der Waals surface area contributed by atoms with Crippen molar-refractivity contribution in [2.75, 3.05) is 14.2 Å². The van der Waals surface area contributed by atoms with E-state index in [1.54, 1.807) is 14.2 Å². The molecule has 0 fully saturated rings. The number of carbonyl (C=O) groups excluding carboxylic acids is 1. The van der Waals surface area contributed by atoms with Crippen molar-refractivity contribution in [3.05, 3.63) is 40.7 Å². The number of methoxy groups -OCH3 is 2. The first-order chi connectivity index (χ1) is 12.3. The van der Waals surface area contributed by atoms with Crippen molar-refractivity contribution in [3.63, 3.8) is 0 Å². The Bertz CT molecular complexity index is 773. The Balaban J connectivity index is 1.97. The number of hydrogen-bond acceptors (Lipinski definition) is 6. The highest BCUT2D eigenvalue weighted by atomic mass is 32.2. The maximum atomic E-state index is 12.4. The van der Waals surface area contributed by atoms with Crippen LogP contribution in [0.3, 0.4) is 0 Å². The Morgan fingerprint density at radius 2 is 1.73 bits per heavy atom. The molecule has 6 nitrogen and oxygen atoms in total. The molecule has 0 aliphatic rings. The molecule has 0 radical (unpaired) electrons. The summed E-state index contributed by atoms with van der Waals surface area (Å²) in [6.45, 7) is 8.17. The number of rotatable bonds is 7. The summed E-state index contributed by atoms with van der Waals surface area (Å²) >= 11 is 1.36. The van der Waals surface area contributed by atoms with Crippen molar-refractivity contribution in [3.8, 4) is 11.5 Å². The molecule has 2 aromatic rings. The molecular weight excluding hydrogens is 350 g/mol. The molecule has 1 amide bonds. The second kappa shape index (κ2) is 8.89. The highest BCUT2D eigenvalue weighted by Gasteiger charge is 2.17. The molecule has 0 saturated carbocycles. The van der Waals surface area contributed by atoms with Crippen molar-refractivity contribution in [2.45, 2.75) is 44.6 Å². The van der Waals surface area contributed by atoms with E-state index in [0.29, 0.717) is 23.2 Å². The Labute approximate surface area is 158 Å². The maximum absolute atomic E-state index is 12.4. The van der Waals surface area contributed by atoms with Crippen LogP contribution in [-0.2, 0) is 11.3 Å². The lowest BCUT2D eigenvalue weighted by Gasteiger charge is -2.14. The van der Waals surface area contributed by atoms with Gasteiger partial charge in [0.15, 0.2) is 16.7 Å². The number of nitrogens with zero attached hydrogens (tertiary/aromatic N) is 2. The summed E-state index contributed by atoms with van der Waals surface area (Å²) in [5.41, 5.74) is 3.90. The molecular formula is C19H25N3O3S. The number of aromatic nitrogens is 2. The Hall–Kier alpha value is -2.28. The van der Waals surface area contributed by atoms with Crippen molar-refractivity contribution >= 4 is 17.7 Å².